The van der Waals surface area contributed by atoms with Crippen molar-refractivity contribution in [2.75, 3.05) is 0 Å². The summed E-state index contributed by atoms with van der Waals surface area (Å²) in [6.07, 6.45) is 6.21. The summed E-state index contributed by atoms with van der Waals surface area (Å²) >= 11 is 1.52. The average molecular weight is 150 g/mol. The Kier molecular flexibility index (Phi) is 1.25. The molecule has 2 heterocycles. The van der Waals surface area contributed by atoms with Crippen molar-refractivity contribution in [1.82, 2.24) is 15.0 Å². The van der Waals surface area contributed by atoms with Crippen LogP contribution in [0.15, 0.2) is 17.8 Å². The largest absolute Gasteiger partial charge is 0.343 e. The number of hydrogen-bond donors (Lipinski definition) is 1. The maximum atomic E-state index is 4.03. The first kappa shape index (κ1) is 5.61. The Morgan fingerprint density at radius 2 is 2.60 bits per heavy atom. The van der Waals surface area contributed by atoms with Crippen molar-refractivity contribution < 1.29 is 0 Å². The molecule has 0 fully saturated rings. The van der Waals surface area contributed by atoms with Gasteiger partial charge in [0, 0.05) is 17.8 Å². The van der Waals surface area contributed by atoms with Gasteiger partial charge < -0.3 is 4.98 Å². The summed E-state index contributed by atoms with van der Waals surface area (Å²) in [4.78, 5) is 10.9. The quantitative estimate of drug-likeness (QED) is 0.666. The normalized spacial score (nSPS) is 10.0. The fourth-order valence-corrected chi connectivity index (χ4v) is 1.23. The molecule has 2 aromatic heterocycles. The summed E-state index contributed by atoms with van der Waals surface area (Å²) in [5.41, 5.74) is 0. The number of thiazole rings is 1. The topological polar surface area (TPSA) is 41.6 Å². The van der Waals surface area contributed by atoms with Gasteiger partial charge in [-0.15, -0.1) is 11.3 Å². The molecule has 2 aromatic rings. The van der Waals surface area contributed by atoms with Crippen LogP contribution in [-0.4, -0.2) is 15.0 Å². The minimum atomic E-state index is 0.811. The molecule has 0 saturated carbocycles. The molecule has 0 spiro atoms. The molecule has 10 heavy (non-hydrogen) atoms. The molecule has 1 radical (unpaired) electrons. The number of H-pyrrole nitrogens is 1. The lowest BCUT2D eigenvalue weighted by molar-refractivity contribution is 1.27. The Morgan fingerprint density at radius 3 is 3.20 bits per heavy atom. The van der Waals surface area contributed by atoms with Crippen molar-refractivity contribution in [1.29, 1.82) is 0 Å². The third-order valence-corrected chi connectivity index (χ3v) is 1.82. The number of imidazole rings is 1. The zero-order valence-electron chi connectivity index (χ0n) is 5.03. The molecule has 0 bridgehead atoms. The number of nitrogens with zero attached hydrogens (tertiary/aromatic N) is 2. The van der Waals surface area contributed by atoms with Crippen LogP contribution in [-0.2, 0) is 0 Å². The molecule has 49 valence electrons. The van der Waals surface area contributed by atoms with Crippen molar-refractivity contribution in [3.8, 4) is 10.8 Å². The minimum absolute atomic E-state index is 0.811. The van der Waals surface area contributed by atoms with E-state index in [-0.39, 0.29) is 0 Å². The number of rotatable bonds is 1. The van der Waals surface area contributed by atoms with Gasteiger partial charge in [-0.05, 0) is 0 Å². The molecule has 3 nitrogen and oxygen atoms in total. The standard InChI is InChI=1S/C6H4N3S/c1-2-8-5(7-1)6-9-3-4-10-6/h1-2,4H,(H,7,8). The van der Waals surface area contributed by atoms with Gasteiger partial charge in [-0.1, -0.05) is 0 Å². The lowest BCUT2D eigenvalue weighted by atomic mass is 10.7. The van der Waals surface area contributed by atoms with E-state index in [1.165, 1.54) is 11.3 Å². The Balaban J connectivity index is 2.48. The summed E-state index contributed by atoms with van der Waals surface area (Å²) < 4.78 is 0. The first-order valence-corrected chi connectivity index (χ1v) is 3.66. The van der Waals surface area contributed by atoms with Gasteiger partial charge in [0.2, 0.25) is 0 Å². The third-order valence-electron chi connectivity index (χ3n) is 1.09. The Hall–Kier alpha value is -1.16. The second-order valence-corrected chi connectivity index (χ2v) is 2.58. The highest BCUT2D eigenvalue weighted by Crippen LogP contribution is 2.15. The van der Waals surface area contributed by atoms with Crippen molar-refractivity contribution >= 4 is 11.3 Å². The van der Waals surface area contributed by atoms with Crippen LogP contribution in [0, 0.1) is 6.20 Å². The molecule has 0 aliphatic heterocycles. The zero-order valence-corrected chi connectivity index (χ0v) is 5.85. The van der Waals surface area contributed by atoms with Crippen LogP contribution >= 0.6 is 11.3 Å². The van der Waals surface area contributed by atoms with Crippen LogP contribution in [0.5, 0.6) is 0 Å². The monoisotopic (exact) mass is 150 g/mol. The molecule has 1 N–H and O–H groups in total. The Labute approximate surface area is 61.8 Å². The van der Waals surface area contributed by atoms with Gasteiger partial charge in [-0.3, -0.25) is 0 Å². The van der Waals surface area contributed by atoms with Crippen molar-refractivity contribution in [3.63, 3.8) is 0 Å². The fourth-order valence-electron chi connectivity index (χ4n) is 0.684. The second kappa shape index (κ2) is 2.22. The van der Waals surface area contributed by atoms with Gasteiger partial charge >= 0.3 is 0 Å². The van der Waals surface area contributed by atoms with Crippen LogP contribution in [0.1, 0.15) is 0 Å². The highest BCUT2D eigenvalue weighted by atomic mass is 32.1. The van der Waals surface area contributed by atoms with Gasteiger partial charge in [-0.2, -0.15) is 0 Å². The molecule has 0 atom stereocenters. The average Bonchev–Trinajstić information content (AvgIpc) is 2.59. The minimum Gasteiger partial charge on any atom is -0.343 e. The number of nitrogens with one attached hydrogen (secondary N) is 1. The van der Waals surface area contributed by atoms with Crippen LogP contribution in [0.3, 0.4) is 0 Å². The van der Waals surface area contributed by atoms with E-state index >= 15 is 0 Å². The van der Waals surface area contributed by atoms with Gasteiger partial charge in [0.25, 0.3) is 0 Å². The second-order valence-electron chi connectivity index (χ2n) is 1.72. The van der Waals surface area contributed by atoms with E-state index in [1.54, 1.807) is 17.8 Å². The van der Waals surface area contributed by atoms with E-state index < -0.39 is 0 Å². The van der Waals surface area contributed by atoms with Crippen molar-refractivity contribution in [2.45, 2.75) is 0 Å². The summed E-state index contributed by atoms with van der Waals surface area (Å²) in [5.74, 6) is 0.811. The Morgan fingerprint density at radius 1 is 1.60 bits per heavy atom. The van der Waals surface area contributed by atoms with E-state index in [2.05, 4.69) is 21.1 Å². The smallest absolute Gasteiger partial charge is 0.166 e. The predicted molar refractivity (Wildman–Crippen MR) is 38.5 cm³/mol. The first-order chi connectivity index (χ1) is 4.97. The SMILES string of the molecule is [c]1csc(-c2ncc[nH]2)n1. The third kappa shape index (κ3) is 0.823. The lowest BCUT2D eigenvalue weighted by Crippen LogP contribution is -1.75. The van der Waals surface area contributed by atoms with Crippen molar-refractivity contribution in [2.24, 2.45) is 0 Å². The van der Waals surface area contributed by atoms with Crippen molar-refractivity contribution in [3.05, 3.63) is 24.0 Å². The zero-order chi connectivity index (χ0) is 6.81. The molecule has 4 heteroatoms. The van der Waals surface area contributed by atoms with Gasteiger partial charge in [0.1, 0.15) is 6.20 Å². The molecule has 0 aliphatic rings. The molecule has 0 amide bonds. The molecule has 0 saturated heterocycles. The summed E-state index contributed by atoms with van der Waals surface area (Å²) in [5, 5.41) is 2.68. The van der Waals surface area contributed by atoms with E-state index in [9.17, 15) is 0 Å². The number of aromatic amines is 1. The first-order valence-electron chi connectivity index (χ1n) is 2.78. The maximum Gasteiger partial charge on any atom is 0.166 e. The van der Waals surface area contributed by atoms with Crippen LogP contribution in [0.2, 0.25) is 0 Å². The highest BCUT2D eigenvalue weighted by molar-refractivity contribution is 7.12. The fraction of sp³-hybridized carbons (Fsp3) is 0. The summed E-state index contributed by atoms with van der Waals surface area (Å²) in [6.45, 7) is 0. The van der Waals surface area contributed by atoms with E-state index in [4.69, 9.17) is 0 Å². The van der Waals surface area contributed by atoms with E-state index in [0.29, 0.717) is 0 Å². The van der Waals surface area contributed by atoms with Crippen LogP contribution < -0.4 is 0 Å². The lowest BCUT2D eigenvalue weighted by Gasteiger charge is -1.83. The molecule has 0 aliphatic carbocycles. The number of aromatic nitrogens is 3. The molecule has 2 rings (SSSR count). The van der Waals surface area contributed by atoms with Gasteiger partial charge in [-0.25, -0.2) is 9.97 Å². The number of hydrogen-bond acceptors (Lipinski definition) is 3. The van der Waals surface area contributed by atoms with E-state index in [1.807, 2.05) is 0 Å². The summed E-state index contributed by atoms with van der Waals surface area (Å²) in [6, 6.07) is 0. The predicted octanol–water partition coefficient (Wildman–Crippen LogP) is 1.33. The summed E-state index contributed by atoms with van der Waals surface area (Å²) in [7, 11) is 0. The van der Waals surface area contributed by atoms with Gasteiger partial charge in [0.15, 0.2) is 10.8 Å². The van der Waals surface area contributed by atoms with Gasteiger partial charge in [0.05, 0.1) is 0 Å². The Bertz CT molecular complexity index is 252. The molecular formula is C6H4N3S. The molecule has 0 aromatic carbocycles. The highest BCUT2D eigenvalue weighted by Gasteiger charge is 1.99. The maximum absolute atomic E-state index is 4.03. The molecular weight excluding hydrogens is 146 g/mol. The molecule has 0 unspecified atom stereocenters. The van der Waals surface area contributed by atoms with Crippen LogP contribution in [0.4, 0.5) is 0 Å². The van der Waals surface area contributed by atoms with E-state index in [0.717, 1.165) is 10.8 Å². The van der Waals surface area contributed by atoms with Crippen LogP contribution in [0.25, 0.3) is 10.8 Å².